The van der Waals surface area contributed by atoms with Crippen LogP contribution in [0.3, 0.4) is 0 Å². The molecule has 0 atom stereocenters. The molecule has 0 heterocycles. The summed E-state index contributed by atoms with van der Waals surface area (Å²) in [6, 6.07) is 13.5. The number of halogens is 2. The Labute approximate surface area is 120 Å². The molecule has 2 aromatic carbocycles. The van der Waals surface area contributed by atoms with Gasteiger partial charge >= 0.3 is 5.97 Å². The standard InChI is InChI=1S/C14H9Cl2NO2/c15-12-7-6-11(13(16)8-12)9-17-19-14(18)10-4-2-1-3-5-10/h1-9H/b17-9+. The molecule has 0 bridgehead atoms. The second-order valence-corrected chi connectivity index (χ2v) is 4.49. The predicted molar refractivity (Wildman–Crippen MR) is 75.9 cm³/mol. The molecule has 0 N–H and O–H groups in total. The minimum Gasteiger partial charge on any atom is -0.313 e. The summed E-state index contributed by atoms with van der Waals surface area (Å²) < 4.78 is 0. The number of carbonyl (C=O) groups excluding carboxylic acids is 1. The van der Waals surface area contributed by atoms with Crippen LogP contribution in [0, 0.1) is 0 Å². The third-order valence-electron chi connectivity index (χ3n) is 2.30. The van der Waals surface area contributed by atoms with E-state index >= 15 is 0 Å². The van der Waals surface area contributed by atoms with Gasteiger partial charge in [0, 0.05) is 10.6 Å². The van der Waals surface area contributed by atoms with Crippen molar-refractivity contribution in [1.29, 1.82) is 0 Å². The quantitative estimate of drug-likeness (QED) is 0.484. The Hall–Kier alpha value is -1.84. The molecule has 0 radical (unpaired) electrons. The smallest absolute Gasteiger partial charge is 0.313 e. The van der Waals surface area contributed by atoms with E-state index in [9.17, 15) is 4.79 Å². The van der Waals surface area contributed by atoms with E-state index in [0.29, 0.717) is 21.2 Å². The van der Waals surface area contributed by atoms with Crippen LogP contribution in [0.4, 0.5) is 0 Å². The number of rotatable bonds is 3. The Morgan fingerprint density at radius 1 is 1.11 bits per heavy atom. The van der Waals surface area contributed by atoms with Crippen molar-refractivity contribution in [3.05, 3.63) is 69.7 Å². The van der Waals surface area contributed by atoms with E-state index in [1.54, 1.807) is 42.5 Å². The summed E-state index contributed by atoms with van der Waals surface area (Å²) in [5.74, 6) is -0.526. The van der Waals surface area contributed by atoms with Gasteiger partial charge in [-0.25, -0.2) is 4.79 Å². The molecule has 2 aromatic rings. The van der Waals surface area contributed by atoms with Crippen LogP contribution in [0.1, 0.15) is 15.9 Å². The van der Waals surface area contributed by atoms with Crippen molar-refractivity contribution in [3.63, 3.8) is 0 Å². The fraction of sp³-hybridized carbons (Fsp3) is 0. The van der Waals surface area contributed by atoms with Crippen LogP contribution in [-0.4, -0.2) is 12.2 Å². The van der Waals surface area contributed by atoms with E-state index in [-0.39, 0.29) is 0 Å². The van der Waals surface area contributed by atoms with Gasteiger partial charge in [0.1, 0.15) is 0 Å². The van der Waals surface area contributed by atoms with Crippen molar-refractivity contribution < 1.29 is 9.63 Å². The zero-order valence-corrected chi connectivity index (χ0v) is 11.2. The van der Waals surface area contributed by atoms with Gasteiger partial charge in [-0.15, -0.1) is 0 Å². The van der Waals surface area contributed by atoms with Crippen LogP contribution >= 0.6 is 23.2 Å². The number of nitrogens with zero attached hydrogens (tertiary/aromatic N) is 1. The highest BCUT2D eigenvalue weighted by Gasteiger charge is 2.05. The second-order valence-electron chi connectivity index (χ2n) is 3.65. The van der Waals surface area contributed by atoms with E-state index < -0.39 is 5.97 Å². The molecule has 2 rings (SSSR count). The molecule has 0 unspecified atom stereocenters. The first kappa shape index (κ1) is 13.6. The Morgan fingerprint density at radius 3 is 2.53 bits per heavy atom. The maximum absolute atomic E-state index is 11.6. The van der Waals surface area contributed by atoms with Gasteiger partial charge in [0.25, 0.3) is 0 Å². The Balaban J connectivity index is 2.02. The van der Waals surface area contributed by atoms with Gasteiger partial charge in [-0.3, -0.25) is 0 Å². The lowest BCUT2D eigenvalue weighted by Crippen LogP contribution is -2.00. The fourth-order valence-corrected chi connectivity index (χ4v) is 1.82. The molecule has 96 valence electrons. The van der Waals surface area contributed by atoms with E-state index in [2.05, 4.69) is 5.16 Å². The minimum atomic E-state index is -0.526. The minimum absolute atomic E-state index is 0.432. The highest BCUT2D eigenvalue weighted by Crippen LogP contribution is 2.19. The molecular formula is C14H9Cl2NO2. The molecule has 0 saturated carbocycles. The first-order valence-corrected chi connectivity index (χ1v) is 6.17. The Bertz CT molecular complexity index is 612. The number of oxime groups is 1. The summed E-state index contributed by atoms with van der Waals surface area (Å²) >= 11 is 11.7. The Kier molecular flexibility index (Phi) is 4.55. The van der Waals surface area contributed by atoms with Crippen LogP contribution in [0.15, 0.2) is 53.7 Å². The summed E-state index contributed by atoms with van der Waals surface area (Å²) in [4.78, 5) is 16.3. The number of carbonyl (C=O) groups is 1. The van der Waals surface area contributed by atoms with Crippen molar-refractivity contribution in [2.45, 2.75) is 0 Å². The molecule has 0 aromatic heterocycles. The zero-order valence-electron chi connectivity index (χ0n) is 9.72. The summed E-state index contributed by atoms with van der Waals surface area (Å²) in [5.41, 5.74) is 1.05. The first-order valence-electron chi connectivity index (χ1n) is 5.41. The number of benzene rings is 2. The molecule has 3 nitrogen and oxygen atoms in total. The second kappa shape index (κ2) is 6.36. The van der Waals surface area contributed by atoms with Crippen molar-refractivity contribution in [2.24, 2.45) is 5.16 Å². The molecule has 0 aliphatic carbocycles. The van der Waals surface area contributed by atoms with E-state index in [1.165, 1.54) is 6.21 Å². The van der Waals surface area contributed by atoms with E-state index in [0.717, 1.165) is 0 Å². The van der Waals surface area contributed by atoms with Gasteiger partial charge in [-0.2, -0.15) is 0 Å². The van der Waals surface area contributed by atoms with Gasteiger partial charge in [0.2, 0.25) is 0 Å². The van der Waals surface area contributed by atoms with Gasteiger partial charge < -0.3 is 4.84 Å². The molecule has 0 fully saturated rings. The molecular weight excluding hydrogens is 285 g/mol. The van der Waals surface area contributed by atoms with Crippen molar-refractivity contribution in [2.75, 3.05) is 0 Å². The largest absolute Gasteiger partial charge is 0.365 e. The SMILES string of the molecule is O=C(O/N=C/c1ccc(Cl)cc1Cl)c1ccccc1. The molecule has 0 spiro atoms. The molecule has 0 aliphatic rings. The lowest BCUT2D eigenvalue weighted by molar-refractivity contribution is 0.0519. The predicted octanol–water partition coefficient (Wildman–Crippen LogP) is 4.18. The average molecular weight is 294 g/mol. The lowest BCUT2D eigenvalue weighted by Gasteiger charge is -1.99. The van der Waals surface area contributed by atoms with Gasteiger partial charge in [0.15, 0.2) is 0 Å². The molecule has 19 heavy (non-hydrogen) atoms. The first-order chi connectivity index (χ1) is 9.16. The fourth-order valence-electron chi connectivity index (χ4n) is 1.36. The maximum atomic E-state index is 11.6. The van der Waals surface area contributed by atoms with Crippen molar-refractivity contribution >= 4 is 35.4 Å². The summed E-state index contributed by atoms with van der Waals surface area (Å²) in [5, 5.41) is 4.57. The highest BCUT2D eigenvalue weighted by molar-refractivity contribution is 6.36. The monoisotopic (exact) mass is 293 g/mol. The van der Waals surface area contributed by atoms with Crippen LogP contribution in [0.2, 0.25) is 10.0 Å². The number of hydrogen-bond donors (Lipinski definition) is 0. The van der Waals surface area contributed by atoms with Crippen molar-refractivity contribution in [1.82, 2.24) is 0 Å². The highest BCUT2D eigenvalue weighted by atomic mass is 35.5. The van der Waals surface area contributed by atoms with Crippen molar-refractivity contribution in [3.8, 4) is 0 Å². The van der Waals surface area contributed by atoms with Crippen LogP contribution in [0.25, 0.3) is 0 Å². The van der Waals surface area contributed by atoms with Crippen LogP contribution in [0.5, 0.6) is 0 Å². The molecule has 0 aliphatic heterocycles. The molecule has 0 saturated heterocycles. The zero-order chi connectivity index (χ0) is 13.7. The molecule has 0 amide bonds. The number of hydrogen-bond acceptors (Lipinski definition) is 3. The topological polar surface area (TPSA) is 38.7 Å². The van der Waals surface area contributed by atoms with E-state index in [4.69, 9.17) is 28.0 Å². The lowest BCUT2D eigenvalue weighted by atomic mass is 10.2. The van der Waals surface area contributed by atoms with Crippen LogP contribution < -0.4 is 0 Å². The summed E-state index contributed by atoms with van der Waals surface area (Å²) in [6.07, 6.45) is 1.36. The van der Waals surface area contributed by atoms with Gasteiger partial charge in [-0.05, 0) is 24.3 Å². The normalized spacial score (nSPS) is 10.6. The summed E-state index contributed by atoms with van der Waals surface area (Å²) in [7, 11) is 0. The third-order valence-corrected chi connectivity index (χ3v) is 2.86. The third kappa shape index (κ3) is 3.81. The summed E-state index contributed by atoms with van der Waals surface area (Å²) in [6.45, 7) is 0. The molecule has 5 heteroatoms. The van der Waals surface area contributed by atoms with Gasteiger partial charge in [-0.1, -0.05) is 52.6 Å². The van der Waals surface area contributed by atoms with E-state index in [1.807, 2.05) is 6.07 Å². The maximum Gasteiger partial charge on any atom is 0.365 e. The van der Waals surface area contributed by atoms with Gasteiger partial charge in [0.05, 0.1) is 16.8 Å². The van der Waals surface area contributed by atoms with Crippen LogP contribution in [-0.2, 0) is 4.84 Å². The average Bonchev–Trinajstić information content (AvgIpc) is 2.42. The Morgan fingerprint density at radius 2 is 1.84 bits per heavy atom.